The lowest BCUT2D eigenvalue weighted by atomic mass is 9.98. The molecule has 1 aromatic heterocycles. The zero-order valence-corrected chi connectivity index (χ0v) is 18.7. The number of carbonyl (C=O) groups excluding carboxylic acids is 2. The first-order chi connectivity index (χ1) is 15.9. The van der Waals surface area contributed by atoms with E-state index >= 15 is 0 Å². The number of hydrogen-bond donors (Lipinski definition) is 1. The molecule has 7 heteroatoms. The number of Topliss-reactive ketones (excluding diaryl/α,β-unsaturated/α-hetero) is 1. The number of aryl methyl sites for hydroxylation is 2. The van der Waals surface area contributed by atoms with E-state index in [1.54, 1.807) is 30.3 Å². The summed E-state index contributed by atoms with van der Waals surface area (Å²) in [7, 11) is 1.94. The van der Waals surface area contributed by atoms with Crippen LogP contribution in [0, 0.1) is 13.8 Å². The topological polar surface area (TPSA) is 83.2 Å². The Labute approximate surface area is 191 Å². The Morgan fingerprint density at radius 3 is 2.64 bits per heavy atom. The zero-order chi connectivity index (χ0) is 23.3. The van der Waals surface area contributed by atoms with Gasteiger partial charge in [0.1, 0.15) is 29.9 Å². The number of nitrogens with zero attached hydrogens (tertiary/aromatic N) is 2. The van der Waals surface area contributed by atoms with E-state index in [1.807, 2.05) is 44.0 Å². The Bertz CT molecular complexity index is 1290. The molecule has 0 saturated carbocycles. The van der Waals surface area contributed by atoms with Crippen LogP contribution in [-0.2, 0) is 9.59 Å². The van der Waals surface area contributed by atoms with E-state index in [9.17, 15) is 14.7 Å². The number of benzene rings is 2. The third-order valence-corrected chi connectivity index (χ3v) is 6.21. The highest BCUT2D eigenvalue weighted by Gasteiger charge is 2.48. The second-order valence-corrected chi connectivity index (χ2v) is 8.43. The molecule has 1 unspecified atom stereocenters. The number of aliphatic hydroxyl groups is 1. The molecule has 3 aromatic rings. The molecule has 1 N–H and O–H groups in total. The summed E-state index contributed by atoms with van der Waals surface area (Å²) < 4.78 is 11.3. The molecule has 2 aliphatic heterocycles. The van der Waals surface area contributed by atoms with E-state index in [1.165, 1.54) is 11.2 Å². The lowest BCUT2D eigenvalue weighted by Crippen LogP contribution is -2.30. The van der Waals surface area contributed by atoms with Gasteiger partial charge in [-0.3, -0.25) is 14.5 Å². The molecule has 0 bridgehead atoms. The lowest BCUT2D eigenvalue weighted by molar-refractivity contribution is -0.132. The Kier molecular flexibility index (Phi) is 4.96. The Morgan fingerprint density at radius 2 is 1.88 bits per heavy atom. The normalized spacial score (nSPS) is 19.5. The number of fused-ring (bicyclic) bond motifs is 1. The number of aliphatic hydroxyl groups excluding tert-OH is 1. The standard InChI is InChI=1S/C26H24N2O5/c1-15-6-7-16(2)18(13-15)28-23(21-5-4-11-32-21)22(25(30)26(28)31)24(29)17-8-9-20-19(14-17)27(3)10-12-33-20/h4-9,11,13-14,23,29H,10,12H2,1-3H3/b24-22-. The number of carbonyl (C=O) groups is 2. The first-order valence-corrected chi connectivity index (χ1v) is 10.8. The monoisotopic (exact) mass is 444 g/mol. The van der Waals surface area contributed by atoms with E-state index in [0.717, 1.165) is 16.8 Å². The lowest BCUT2D eigenvalue weighted by Gasteiger charge is -2.28. The minimum Gasteiger partial charge on any atom is -0.507 e. The summed E-state index contributed by atoms with van der Waals surface area (Å²) in [6, 6.07) is 13.5. The van der Waals surface area contributed by atoms with Gasteiger partial charge in [-0.2, -0.15) is 0 Å². The second kappa shape index (κ2) is 7.85. The van der Waals surface area contributed by atoms with Crippen molar-refractivity contribution >= 4 is 28.8 Å². The summed E-state index contributed by atoms with van der Waals surface area (Å²) in [6.07, 6.45) is 1.49. The first-order valence-electron chi connectivity index (χ1n) is 10.8. The maximum Gasteiger partial charge on any atom is 0.300 e. The van der Waals surface area contributed by atoms with Crippen LogP contribution >= 0.6 is 0 Å². The van der Waals surface area contributed by atoms with E-state index < -0.39 is 17.7 Å². The molecule has 168 valence electrons. The molecular formula is C26H24N2O5. The van der Waals surface area contributed by atoms with Gasteiger partial charge < -0.3 is 19.2 Å². The van der Waals surface area contributed by atoms with Crippen LogP contribution in [0.3, 0.4) is 0 Å². The fourth-order valence-corrected chi connectivity index (χ4v) is 4.43. The molecule has 0 spiro atoms. The van der Waals surface area contributed by atoms with Gasteiger partial charge in [0, 0.05) is 18.3 Å². The average molecular weight is 444 g/mol. The largest absolute Gasteiger partial charge is 0.507 e. The number of ketones is 1. The summed E-state index contributed by atoms with van der Waals surface area (Å²) >= 11 is 0. The molecule has 1 saturated heterocycles. The molecule has 3 heterocycles. The molecule has 1 amide bonds. The molecule has 2 aliphatic rings. The van der Waals surface area contributed by atoms with Crippen molar-refractivity contribution in [3.63, 3.8) is 0 Å². The van der Waals surface area contributed by atoms with Crippen molar-refractivity contribution in [2.45, 2.75) is 19.9 Å². The highest BCUT2D eigenvalue weighted by Crippen LogP contribution is 2.44. The first kappa shape index (κ1) is 20.9. The summed E-state index contributed by atoms with van der Waals surface area (Å²) in [5.74, 6) is -0.597. The van der Waals surface area contributed by atoms with Crippen molar-refractivity contribution in [2.24, 2.45) is 0 Å². The number of likely N-dealkylation sites (N-methyl/N-ethyl adjacent to an activating group) is 1. The number of ether oxygens (including phenoxy) is 1. The van der Waals surface area contributed by atoms with E-state index in [-0.39, 0.29) is 11.3 Å². The van der Waals surface area contributed by atoms with Crippen molar-refractivity contribution < 1.29 is 23.8 Å². The van der Waals surface area contributed by atoms with E-state index in [4.69, 9.17) is 9.15 Å². The number of furan rings is 1. The molecule has 7 nitrogen and oxygen atoms in total. The highest BCUT2D eigenvalue weighted by molar-refractivity contribution is 6.51. The smallest absolute Gasteiger partial charge is 0.300 e. The Morgan fingerprint density at radius 1 is 1.06 bits per heavy atom. The number of hydrogen-bond acceptors (Lipinski definition) is 6. The van der Waals surface area contributed by atoms with Crippen molar-refractivity contribution in [3.8, 4) is 5.75 Å². The minimum absolute atomic E-state index is 0.00446. The van der Waals surface area contributed by atoms with Crippen LogP contribution in [0.1, 0.15) is 28.5 Å². The van der Waals surface area contributed by atoms with E-state index in [2.05, 4.69) is 0 Å². The summed E-state index contributed by atoms with van der Waals surface area (Å²) in [5.41, 5.74) is 3.64. The van der Waals surface area contributed by atoms with Crippen molar-refractivity contribution in [3.05, 3.63) is 82.8 Å². The average Bonchev–Trinajstić information content (AvgIpc) is 3.42. The van der Waals surface area contributed by atoms with Gasteiger partial charge in [0.15, 0.2) is 0 Å². The second-order valence-electron chi connectivity index (χ2n) is 8.43. The summed E-state index contributed by atoms with van der Waals surface area (Å²) in [4.78, 5) is 30.0. The van der Waals surface area contributed by atoms with Gasteiger partial charge >= 0.3 is 0 Å². The van der Waals surface area contributed by atoms with Gasteiger partial charge in [0.05, 0.1) is 24.1 Å². The Balaban J connectivity index is 1.70. The predicted octanol–water partition coefficient (Wildman–Crippen LogP) is 4.35. The van der Waals surface area contributed by atoms with Crippen LogP contribution in [0.25, 0.3) is 5.76 Å². The number of rotatable bonds is 3. The van der Waals surface area contributed by atoms with Crippen LogP contribution in [0.2, 0.25) is 0 Å². The van der Waals surface area contributed by atoms with Gasteiger partial charge in [-0.1, -0.05) is 12.1 Å². The SMILES string of the molecule is Cc1ccc(C)c(N2C(=O)C(=O)/C(=C(\O)c3ccc4c(c3)N(C)CCO4)C2c2ccco2)c1. The third-order valence-electron chi connectivity index (χ3n) is 6.21. The Hall–Kier alpha value is -4.00. The maximum atomic E-state index is 13.3. The fourth-order valence-electron chi connectivity index (χ4n) is 4.43. The highest BCUT2D eigenvalue weighted by atomic mass is 16.5. The number of amides is 1. The molecule has 0 radical (unpaired) electrons. The maximum absolute atomic E-state index is 13.3. The van der Waals surface area contributed by atoms with Crippen molar-refractivity contribution in [2.75, 3.05) is 30.0 Å². The van der Waals surface area contributed by atoms with Gasteiger partial charge in [-0.25, -0.2) is 0 Å². The van der Waals surface area contributed by atoms with Gasteiger partial charge in [0.2, 0.25) is 0 Å². The molecular weight excluding hydrogens is 420 g/mol. The van der Waals surface area contributed by atoms with Crippen LogP contribution < -0.4 is 14.5 Å². The number of anilines is 2. The third kappa shape index (κ3) is 3.36. The van der Waals surface area contributed by atoms with Crippen LogP contribution in [-0.4, -0.2) is 37.0 Å². The van der Waals surface area contributed by atoms with E-state index in [0.29, 0.717) is 35.9 Å². The summed E-state index contributed by atoms with van der Waals surface area (Å²) in [5, 5.41) is 11.3. The predicted molar refractivity (Wildman–Crippen MR) is 125 cm³/mol. The molecule has 1 fully saturated rings. The quantitative estimate of drug-likeness (QED) is 0.367. The van der Waals surface area contributed by atoms with Crippen LogP contribution in [0.5, 0.6) is 5.75 Å². The van der Waals surface area contributed by atoms with Crippen LogP contribution in [0.15, 0.2) is 64.8 Å². The van der Waals surface area contributed by atoms with Gasteiger partial charge in [0.25, 0.3) is 11.7 Å². The van der Waals surface area contributed by atoms with Crippen LogP contribution in [0.4, 0.5) is 11.4 Å². The molecule has 1 atom stereocenters. The minimum atomic E-state index is -0.884. The molecule has 0 aliphatic carbocycles. The van der Waals surface area contributed by atoms with Crippen molar-refractivity contribution in [1.29, 1.82) is 0 Å². The fraction of sp³-hybridized carbons (Fsp3) is 0.231. The molecule has 5 rings (SSSR count). The summed E-state index contributed by atoms with van der Waals surface area (Å²) in [6.45, 7) is 5.09. The zero-order valence-electron chi connectivity index (χ0n) is 18.7. The van der Waals surface area contributed by atoms with Crippen molar-refractivity contribution in [1.82, 2.24) is 0 Å². The molecule has 33 heavy (non-hydrogen) atoms. The van der Waals surface area contributed by atoms with Gasteiger partial charge in [-0.05, 0) is 61.4 Å². The molecule has 2 aromatic carbocycles. The van der Waals surface area contributed by atoms with Gasteiger partial charge in [-0.15, -0.1) is 0 Å².